The number of hydrogen-bond acceptors (Lipinski definition) is 0. The first-order chi connectivity index (χ1) is 5.89. The van der Waals surface area contributed by atoms with Gasteiger partial charge in [-0.2, -0.15) is 0 Å². The normalized spacial score (nSPS) is 45.7. The van der Waals surface area contributed by atoms with Gasteiger partial charge in [0.05, 0.1) is 19.0 Å². The van der Waals surface area contributed by atoms with Crippen LogP contribution < -0.4 is 0 Å². The maximum atomic E-state index is 2.34. The summed E-state index contributed by atoms with van der Waals surface area (Å²) in [4.78, 5) is 0. The van der Waals surface area contributed by atoms with Gasteiger partial charge in [-0.3, -0.25) is 0 Å². The molecule has 1 aromatic carbocycles. The van der Waals surface area contributed by atoms with E-state index in [4.69, 9.17) is 0 Å². The molecule has 0 radical (unpaired) electrons. The smallest absolute Gasteiger partial charge is 0.165 e. The molecule has 0 N–H and O–H groups in total. The van der Waals surface area contributed by atoms with E-state index in [0.717, 1.165) is 12.0 Å². The highest BCUT2D eigenvalue weighted by Gasteiger charge is 2.68. The molecule has 0 aliphatic carbocycles. The van der Waals surface area contributed by atoms with Crippen molar-refractivity contribution in [2.45, 2.75) is 12.0 Å². The van der Waals surface area contributed by atoms with Gasteiger partial charge in [0.25, 0.3) is 0 Å². The van der Waals surface area contributed by atoms with Gasteiger partial charge in [0.2, 0.25) is 0 Å². The molecule has 0 aromatic heterocycles. The highest BCUT2D eigenvalue weighted by molar-refractivity contribution is 5.39. The van der Waals surface area contributed by atoms with Crippen LogP contribution in [0, 0.1) is 0 Å². The van der Waals surface area contributed by atoms with Gasteiger partial charge >= 0.3 is 0 Å². The van der Waals surface area contributed by atoms with Crippen molar-refractivity contribution in [3.05, 3.63) is 35.4 Å². The number of rotatable bonds is 0. The first-order valence-corrected chi connectivity index (χ1v) is 4.84. The predicted octanol–water partition coefficient (Wildman–Crippen LogP) is 1.67. The van der Waals surface area contributed by atoms with Gasteiger partial charge in [-0.05, 0) is 5.56 Å². The Hall–Kier alpha value is -0.820. The first-order valence-electron chi connectivity index (χ1n) is 4.84. The van der Waals surface area contributed by atoms with E-state index >= 15 is 0 Å². The van der Waals surface area contributed by atoms with E-state index in [1.54, 1.807) is 11.1 Å². The van der Waals surface area contributed by atoms with Crippen LogP contribution in [0.4, 0.5) is 0 Å². The zero-order valence-electron chi connectivity index (χ0n) is 7.03. The third-order valence-electron chi connectivity index (χ3n) is 4.03. The summed E-state index contributed by atoms with van der Waals surface area (Å²) in [5.41, 5.74) is 3.33. The van der Waals surface area contributed by atoms with Gasteiger partial charge in [0.15, 0.2) is 6.04 Å². The molecule has 0 saturated carbocycles. The molecule has 4 aliphatic heterocycles. The fraction of sp³-hybridized carbons (Fsp3) is 0.455. The van der Waals surface area contributed by atoms with Gasteiger partial charge < -0.3 is 4.48 Å². The van der Waals surface area contributed by atoms with Crippen molar-refractivity contribution in [2.24, 2.45) is 0 Å². The molecule has 60 valence electrons. The Labute approximate surface area is 72.2 Å². The molecule has 1 unspecified atom stereocenters. The Morgan fingerprint density at radius 2 is 1.75 bits per heavy atom. The largest absolute Gasteiger partial charge is 0.306 e. The molecule has 1 aromatic rings. The lowest BCUT2D eigenvalue weighted by Gasteiger charge is -2.42. The Morgan fingerprint density at radius 3 is 2.58 bits per heavy atom. The third-order valence-corrected chi connectivity index (χ3v) is 4.03. The second kappa shape index (κ2) is 1.47. The Kier molecular flexibility index (Phi) is 0.705. The molecule has 4 aliphatic rings. The Balaban J connectivity index is 2.01. The van der Waals surface area contributed by atoms with E-state index in [1.165, 1.54) is 24.1 Å². The third kappa shape index (κ3) is 0.444. The van der Waals surface area contributed by atoms with E-state index in [1.807, 2.05) is 0 Å². The topological polar surface area (TPSA) is 0 Å². The quantitative estimate of drug-likeness (QED) is 0.398. The minimum Gasteiger partial charge on any atom is -0.306 e. The van der Waals surface area contributed by atoms with Crippen molar-refractivity contribution in [1.29, 1.82) is 0 Å². The first kappa shape index (κ1) is 5.76. The van der Waals surface area contributed by atoms with Crippen LogP contribution >= 0.6 is 0 Å². The molecule has 2 bridgehead atoms. The number of nitrogens with zero attached hydrogens (tertiary/aromatic N) is 1. The molecule has 1 nitrogen and oxygen atoms in total. The summed E-state index contributed by atoms with van der Waals surface area (Å²) in [7, 11) is 0. The van der Waals surface area contributed by atoms with Gasteiger partial charge in [-0.1, -0.05) is 24.3 Å². The monoisotopic (exact) mass is 158 g/mol. The van der Waals surface area contributed by atoms with Crippen LogP contribution in [0.25, 0.3) is 0 Å². The summed E-state index contributed by atoms with van der Waals surface area (Å²) >= 11 is 0. The van der Waals surface area contributed by atoms with Gasteiger partial charge in [-0.15, -0.1) is 0 Å². The zero-order valence-corrected chi connectivity index (χ0v) is 7.03. The molecule has 12 heavy (non-hydrogen) atoms. The molecule has 2 saturated heterocycles. The highest BCUT2D eigenvalue weighted by atomic mass is 15.6. The molecule has 5 rings (SSSR count). The highest BCUT2D eigenvalue weighted by Crippen LogP contribution is 2.60. The Morgan fingerprint density at radius 1 is 1.00 bits per heavy atom. The van der Waals surface area contributed by atoms with Crippen LogP contribution in [-0.2, 0) is 0 Å². The Bertz CT molecular complexity index is 348. The van der Waals surface area contributed by atoms with E-state index in [0.29, 0.717) is 0 Å². The van der Waals surface area contributed by atoms with Crippen molar-refractivity contribution in [1.82, 2.24) is 0 Å². The molecule has 1 spiro atoms. The standard InChI is InChI=1S/C11H12N/c1-2-4-10-9(3-1)8-5-12(6-8)7-11(10)12/h1-4,8,11H,5-7H2/q+1. The minimum atomic E-state index is 0.909. The lowest BCUT2D eigenvalue weighted by atomic mass is 9.83. The summed E-state index contributed by atoms with van der Waals surface area (Å²) in [6.45, 7) is 4.33. The molecule has 1 atom stereocenters. The van der Waals surface area contributed by atoms with Gasteiger partial charge in [-0.25, -0.2) is 0 Å². The molecule has 0 amide bonds. The second-order valence-electron chi connectivity index (χ2n) is 4.61. The minimum absolute atomic E-state index is 0.909. The molecule has 2 fully saturated rings. The average Bonchev–Trinajstić information content (AvgIpc) is 2.78. The van der Waals surface area contributed by atoms with Crippen LogP contribution in [0.1, 0.15) is 23.1 Å². The summed E-state index contributed by atoms with van der Waals surface area (Å²) in [6.07, 6.45) is 0. The van der Waals surface area contributed by atoms with E-state index in [2.05, 4.69) is 24.3 Å². The average molecular weight is 158 g/mol. The molecule has 4 heterocycles. The lowest BCUT2D eigenvalue weighted by molar-refractivity contribution is -0.867. The van der Waals surface area contributed by atoms with Crippen LogP contribution in [0.2, 0.25) is 0 Å². The van der Waals surface area contributed by atoms with Crippen molar-refractivity contribution < 1.29 is 4.48 Å². The SMILES string of the molecule is c1ccc2c(c1)C1C[N+]3(C1)CC23. The fourth-order valence-corrected chi connectivity index (χ4v) is 3.30. The summed E-state index contributed by atoms with van der Waals surface area (Å²) in [5.74, 6) is 0.917. The second-order valence-corrected chi connectivity index (χ2v) is 4.61. The van der Waals surface area contributed by atoms with Gasteiger partial charge in [0, 0.05) is 5.56 Å². The molecular weight excluding hydrogens is 146 g/mol. The maximum Gasteiger partial charge on any atom is 0.165 e. The number of benzene rings is 1. The number of quaternary nitrogens is 1. The van der Waals surface area contributed by atoms with Crippen molar-refractivity contribution >= 4 is 0 Å². The number of hydrogen-bond donors (Lipinski definition) is 0. The van der Waals surface area contributed by atoms with Crippen molar-refractivity contribution in [3.63, 3.8) is 0 Å². The molecular formula is C11H12N+. The van der Waals surface area contributed by atoms with Crippen LogP contribution in [0.15, 0.2) is 24.3 Å². The van der Waals surface area contributed by atoms with E-state index in [-0.39, 0.29) is 0 Å². The maximum absolute atomic E-state index is 2.34. The summed E-state index contributed by atoms with van der Waals surface area (Å²) in [6, 6.07) is 9.97. The van der Waals surface area contributed by atoms with Crippen LogP contribution in [-0.4, -0.2) is 24.1 Å². The summed E-state index contributed by atoms with van der Waals surface area (Å²) < 4.78 is 1.45. The van der Waals surface area contributed by atoms with Gasteiger partial charge in [0.1, 0.15) is 6.54 Å². The van der Waals surface area contributed by atoms with Crippen molar-refractivity contribution in [2.75, 3.05) is 19.6 Å². The van der Waals surface area contributed by atoms with Crippen LogP contribution in [0.3, 0.4) is 0 Å². The lowest BCUT2D eigenvalue weighted by Crippen LogP contribution is -2.51. The predicted molar refractivity (Wildman–Crippen MR) is 46.8 cm³/mol. The van der Waals surface area contributed by atoms with Crippen LogP contribution in [0.5, 0.6) is 0 Å². The van der Waals surface area contributed by atoms with Crippen molar-refractivity contribution in [3.8, 4) is 0 Å². The van der Waals surface area contributed by atoms with E-state index in [9.17, 15) is 0 Å². The molecule has 1 heteroatoms. The van der Waals surface area contributed by atoms with E-state index < -0.39 is 0 Å². The fourth-order valence-electron chi connectivity index (χ4n) is 3.30. The summed E-state index contributed by atoms with van der Waals surface area (Å²) in [5, 5.41) is 0. The zero-order chi connectivity index (χ0) is 7.76.